The largest absolute Gasteiger partial charge is 0.236 e. The third kappa shape index (κ3) is 1.09. The van der Waals surface area contributed by atoms with Crippen molar-refractivity contribution in [1.29, 1.82) is 0 Å². The molecule has 66 valence electrons. The summed E-state index contributed by atoms with van der Waals surface area (Å²) < 4.78 is 2.90. The normalized spacial score (nSPS) is 16.7. The minimum Gasteiger partial charge on any atom is -0.236 e. The maximum absolute atomic E-state index is 4.29. The molecule has 1 aliphatic carbocycles. The van der Waals surface area contributed by atoms with Crippen LogP contribution in [0.2, 0.25) is 0 Å². The molecule has 0 unspecified atom stereocenters. The van der Waals surface area contributed by atoms with Gasteiger partial charge in [-0.15, -0.1) is 0 Å². The van der Waals surface area contributed by atoms with Crippen LogP contribution in [-0.4, -0.2) is 14.6 Å². The van der Waals surface area contributed by atoms with Crippen molar-refractivity contribution in [3.05, 3.63) is 28.6 Å². The van der Waals surface area contributed by atoms with E-state index in [9.17, 15) is 0 Å². The highest BCUT2D eigenvalue weighted by Crippen LogP contribution is 2.39. The Bertz CT molecular complexity index is 459. The molecule has 0 bridgehead atoms. The molecule has 2 heterocycles. The lowest BCUT2D eigenvalue weighted by Gasteiger charge is -2.00. The second-order valence-corrected chi connectivity index (χ2v) is 4.23. The van der Waals surface area contributed by atoms with Gasteiger partial charge in [-0.25, -0.2) is 9.50 Å². The minimum absolute atomic E-state index is 0.706. The molecule has 0 aliphatic heterocycles. The predicted octanol–water partition coefficient (Wildman–Crippen LogP) is 2.37. The molecule has 0 atom stereocenters. The molecule has 0 N–H and O–H groups in total. The van der Waals surface area contributed by atoms with Gasteiger partial charge >= 0.3 is 0 Å². The van der Waals surface area contributed by atoms with Crippen LogP contribution >= 0.6 is 15.9 Å². The number of fused-ring (bicyclic) bond motifs is 1. The van der Waals surface area contributed by atoms with E-state index in [0.717, 1.165) is 10.1 Å². The molecule has 3 nitrogen and oxygen atoms in total. The number of rotatable bonds is 1. The fourth-order valence-corrected chi connectivity index (χ4v) is 1.93. The van der Waals surface area contributed by atoms with E-state index in [4.69, 9.17) is 0 Å². The molecular weight excluding hydrogens is 230 g/mol. The lowest BCUT2D eigenvalue weighted by molar-refractivity contribution is 0.842. The highest BCUT2D eigenvalue weighted by molar-refractivity contribution is 9.10. The molecule has 1 aliphatic rings. The zero-order chi connectivity index (χ0) is 8.84. The van der Waals surface area contributed by atoms with Crippen LogP contribution in [0.25, 0.3) is 5.65 Å². The van der Waals surface area contributed by atoms with Crippen LogP contribution in [-0.2, 0) is 0 Å². The number of hydrogen-bond acceptors (Lipinski definition) is 2. The fraction of sp³-hybridized carbons (Fsp3) is 0.333. The molecule has 13 heavy (non-hydrogen) atoms. The highest BCUT2D eigenvalue weighted by atomic mass is 79.9. The van der Waals surface area contributed by atoms with E-state index in [-0.39, 0.29) is 0 Å². The first-order valence-corrected chi connectivity index (χ1v) is 5.14. The summed E-state index contributed by atoms with van der Waals surface area (Å²) in [4.78, 5) is 4.27. The molecule has 0 amide bonds. The van der Waals surface area contributed by atoms with E-state index >= 15 is 0 Å². The van der Waals surface area contributed by atoms with E-state index in [2.05, 4.69) is 32.1 Å². The van der Waals surface area contributed by atoms with E-state index in [1.165, 1.54) is 18.5 Å². The standard InChI is InChI=1S/C9H8BrN3/c10-7-5-12-13-8(6-1-2-6)3-4-11-9(7)13/h3-6H,1-2H2. The van der Waals surface area contributed by atoms with Crippen LogP contribution in [0.1, 0.15) is 24.5 Å². The van der Waals surface area contributed by atoms with Crippen molar-refractivity contribution >= 4 is 21.6 Å². The van der Waals surface area contributed by atoms with Gasteiger partial charge in [0.2, 0.25) is 0 Å². The van der Waals surface area contributed by atoms with Crippen molar-refractivity contribution in [3.8, 4) is 0 Å². The first kappa shape index (κ1) is 7.50. The van der Waals surface area contributed by atoms with Crippen molar-refractivity contribution in [1.82, 2.24) is 14.6 Å². The average Bonchev–Trinajstić information content (AvgIpc) is 2.92. The third-order valence-corrected chi connectivity index (χ3v) is 2.94. The molecule has 0 saturated heterocycles. The Hall–Kier alpha value is -0.900. The van der Waals surface area contributed by atoms with Gasteiger partial charge in [-0.2, -0.15) is 5.10 Å². The van der Waals surface area contributed by atoms with E-state index in [0.29, 0.717) is 5.92 Å². The maximum atomic E-state index is 4.29. The second-order valence-electron chi connectivity index (χ2n) is 3.37. The van der Waals surface area contributed by atoms with Gasteiger partial charge in [-0.05, 0) is 34.8 Å². The van der Waals surface area contributed by atoms with E-state index < -0.39 is 0 Å². The minimum atomic E-state index is 0.706. The van der Waals surface area contributed by atoms with Crippen molar-refractivity contribution < 1.29 is 0 Å². The molecule has 1 fully saturated rings. The van der Waals surface area contributed by atoms with Crippen LogP contribution in [0.15, 0.2) is 22.9 Å². The molecule has 0 aromatic carbocycles. The lowest BCUT2D eigenvalue weighted by Crippen LogP contribution is -1.97. The van der Waals surface area contributed by atoms with Crippen molar-refractivity contribution in [2.45, 2.75) is 18.8 Å². The van der Waals surface area contributed by atoms with Crippen molar-refractivity contribution in [2.24, 2.45) is 0 Å². The fourth-order valence-electron chi connectivity index (χ4n) is 1.57. The summed E-state index contributed by atoms with van der Waals surface area (Å²) in [6.07, 6.45) is 6.23. The molecule has 3 rings (SSSR count). The number of hydrogen-bond donors (Lipinski definition) is 0. The van der Waals surface area contributed by atoms with Gasteiger partial charge in [0.05, 0.1) is 10.7 Å². The van der Waals surface area contributed by atoms with Crippen molar-refractivity contribution in [2.75, 3.05) is 0 Å². The van der Waals surface area contributed by atoms with Crippen LogP contribution in [0.4, 0.5) is 0 Å². The molecule has 2 aromatic rings. The zero-order valence-electron chi connectivity index (χ0n) is 6.94. The summed E-state index contributed by atoms with van der Waals surface area (Å²) in [5.41, 5.74) is 2.21. The van der Waals surface area contributed by atoms with Crippen LogP contribution < -0.4 is 0 Å². The highest BCUT2D eigenvalue weighted by Gasteiger charge is 2.26. The molecule has 2 aromatic heterocycles. The van der Waals surface area contributed by atoms with E-state index in [1.807, 2.05) is 10.7 Å². The smallest absolute Gasteiger partial charge is 0.169 e. The monoisotopic (exact) mass is 237 g/mol. The quantitative estimate of drug-likeness (QED) is 0.763. The first-order chi connectivity index (χ1) is 6.36. The lowest BCUT2D eigenvalue weighted by atomic mass is 10.3. The van der Waals surface area contributed by atoms with Gasteiger partial charge in [0, 0.05) is 17.8 Å². The second kappa shape index (κ2) is 2.54. The summed E-state index contributed by atoms with van der Waals surface area (Å²) in [6.45, 7) is 0. The van der Waals surface area contributed by atoms with Gasteiger partial charge in [-0.1, -0.05) is 0 Å². The van der Waals surface area contributed by atoms with E-state index in [1.54, 1.807) is 6.20 Å². The summed E-state index contributed by atoms with van der Waals surface area (Å²) in [6, 6.07) is 2.06. The molecular formula is C9H8BrN3. The number of halogens is 1. The molecule has 0 spiro atoms. The predicted molar refractivity (Wildman–Crippen MR) is 52.7 cm³/mol. The third-order valence-electron chi connectivity index (χ3n) is 2.38. The SMILES string of the molecule is Brc1cnn2c(C3CC3)ccnc12. The Morgan fingerprint density at radius 1 is 1.46 bits per heavy atom. The summed E-state index contributed by atoms with van der Waals surface area (Å²) in [5, 5.41) is 4.29. The Balaban J connectivity index is 2.33. The number of aromatic nitrogens is 3. The Morgan fingerprint density at radius 3 is 3.08 bits per heavy atom. The van der Waals surface area contributed by atoms with Gasteiger partial charge in [0.1, 0.15) is 0 Å². The van der Waals surface area contributed by atoms with Gasteiger partial charge in [0.15, 0.2) is 5.65 Å². The van der Waals surface area contributed by atoms with Gasteiger partial charge < -0.3 is 0 Å². The summed E-state index contributed by atoms with van der Waals surface area (Å²) in [5.74, 6) is 0.706. The zero-order valence-corrected chi connectivity index (χ0v) is 8.53. The van der Waals surface area contributed by atoms with Crippen LogP contribution in [0.3, 0.4) is 0 Å². The first-order valence-electron chi connectivity index (χ1n) is 4.34. The maximum Gasteiger partial charge on any atom is 0.169 e. The van der Waals surface area contributed by atoms with Crippen LogP contribution in [0, 0.1) is 0 Å². The topological polar surface area (TPSA) is 30.2 Å². The Morgan fingerprint density at radius 2 is 2.31 bits per heavy atom. The number of nitrogens with zero attached hydrogens (tertiary/aromatic N) is 3. The Kier molecular flexibility index (Phi) is 1.47. The molecule has 4 heteroatoms. The van der Waals surface area contributed by atoms with Gasteiger partial charge in [-0.3, -0.25) is 0 Å². The van der Waals surface area contributed by atoms with Gasteiger partial charge in [0.25, 0.3) is 0 Å². The summed E-state index contributed by atoms with van der Waals surface area (Å²) in [7, 11) is 0. The summed E-state index contributed by atoms with van der Waals surface area (Å²) >= 11 is 3.42. The molecule has 0 radical (unpaired) electrons. The van der Waals surface area contributed by atoms with Crippen molar-refractivity contribution in [3.63, 3.8) is 0 Å². The Labute approximate surface area is 83.9 Å². The average molecular weight is 238 g/mol. The van der Waals surface area contributed by atoms with Crippen LogP contribution in [0.5, 0.6) is 0 Å². The molecule has 1 saturated carbocycles.